The number of nitrogens with one attached hydrogen (secondary N) is 2. The topological polar surface area (TPSA) is 73.2 Å². The highest BCUT2D eigenvalue weighted by Gasteiger charge is 2.12. The Balaban J connectivity index is 2.50. The predicted molar refractivity (Wildman–Crippen MR) is 72.7 cm³/mol. The van der Waals surface area contributed by atoms with Crippen LogP contribution in [0.3, 0.4) is 0 Å². The van der Waals surface area contributed by atoms with E-state index in [-0.39, 0.29) is 18.2 Å². The Morgan fingerprint density at radius 2 is 2.17 bits per heavy atom. The number of carbonyl (C=O) groups is 1. The average molecular weight is 289 g/mol. The summed E-state index contributed by atoms with van der Waals surface area (Å²) in [5.74, 6) is -1.19. The van der Waals surface area contributed by atoms with Crippen LogP contribution in [0, 0.1) is 5.41 Å². The predicted octanol–water partition coefficient (Wildman–Crippen LogP) is 2.97. The molecule has 6 heteroatoms. The van der Waals surface area contributed by atoms with Crippen LogP contribution < -0.4 is 5.32 Å². The minimum atomic E-state index is -1.19. The summed E-state index contributed by atoms with van der Waals surface area (Å²) in [6, 6.07) is 5.10. The SMILES string of the molecule is C[C@@H](CC(=N)C(=O)O)NCc1ccc(Cl)cc1Cl. The Kier molecular flexibility index (Phi) is 5.59. The van der Waals surface area contributed by atoms with Gasteiger partial charge < -0.3 is 10.4 Å². The van der Waals surface area contributed by atoms with E-state index in [4.69, 9.17) is 33.7 Å². The van der Waals surface area contributed by atoms with Gasteiger partial charge in [0.2, 0.25) is 0 Å². The number of halogens is 2. The fraction of sp³-hybridized carbons (Fsp3) is 0.333. The first-order valence-corrected chi connectivity index (χ1v) is 6.13. The monoisotopic (exact) mass is 288 g/mol. The molecule has 0 spiro atoms. The molecule has 0 heterocycles. The zero-order chi connectivity index (χ0) is 13.7. The Labute approximate surface area is 115 Å². The number of carboxylic acids is 1. The van der Waals surface area contributed by atoms with Crippen molar-refractivity contribution in [3.8, 4) is 0 Å². The molecule has 1 aromatic carbocycles. The lowest BCUT2D eigenvalue weighted by Crippen LogP contribution is -2.30. The highest BCUT2D eigenvalue weighted by molar-refractivity contribution is 6.35. The van der Waals surface area contributed by atoms with E-state index in [2.05, 4.69) is 5.32 Å². The van der Waals surface area contributed by atoms with Crippen LogP contribution >= 0.6 is 23.2 Å². The van der Waals surface area contributed by atoms with Crippen molar-refractivity contribution < 1.29 is 9.90 Å². The van der Waals surface area contributed by atoms with Gasteiger partial charge in [-0.25, -0.2) is 4.79 Å². The van der Waals surface area contributed by atoms with Gasteiger partial charge in [0.15, 0.2) is 0 Å². The summed E-state index contributed by atoms with van der Waals surface area (Å²) in [7, 11) is 0. The fourth-order valence-electron chi connectivity index (χ4n) is 1.41. The van der Waals surface area contributed by atoms with E-state index in [1.807, 2.05) is 13.0 Å². The maximum Gasteiger partial charge on any atom is 0.349 e. The Morgan fingerprint density at radius 3 is 2.72 bits per heavy atom. The number of hydrogen-bond acceptors (Lipinski definition) is 3. The second-order valence-corrected chi connectivity index (χ2v) is 4.85. The zero-order valence-electron chi connectivity index (χ0n) is 9.84. The van der Waals surface area contributed by atoms with Crippen LogP contribution in [0.4, 0.5) is 0 Å². The molecule has 4 nitrogen and oxygen atoms in total. The lowest BCUT2D eigenvalue weighted by Gasteiger charge is -2.13. The minimum absolute atomic E-state index is 0.111. The van der Waals surface area contributed by atoms with E-state index in [0.717, 1.165) is 5.56 Å². The summed E-state index contributed by atoms with van der Waals surface area (Å²) in [4.78, 5) is 10.5. The van der Waals surface area contributed by atoms with E-state index < -0.39 is 5.97 Å². The molecule has 0 aliphatic carbocycles. The third kappa shape index (κ3) is 4.64. The van der Waals surface area contributed by atoms with Crippen LogP contribution in [0.2, 0.25) is 10.0 Å². The first-order valence-electron chi connectivity index (χ1n) is 5.38. The highest BCUT2D eigenvalue weighted by atomic mass is 35.5. The van der Waals surface area contributed by atoms with Crippen LogP contribution in [0.1, 0.15) is 18.9 Å². The van der Waals surface area contributed by atoms with Crippen molar-refractivity contribution in [2.75, 3.05) is 0 Å². The molecule has 0 radical (unpaired) electrons. The molecule has 0 aromatic heterocycles. The van der Waals surface area contributed by atoms with Gasteiger partial charge in [-0.2, -0.15) is 0 Å². The number of hydrogen-bond donors (Lipinski definition) is 3. The molecule has 0 unspecified atom stereocenters. The first-order chi connectivity index (χ1) is 8.40. The second kappa shape index (κ2) is 6.73. The maximum atomic E-state index is 10.5. The van der Waals surface area contributed by atoms with Gasteiger partial charge in [-0.05, 0) is 24.6 Å². The Morgan fingerprint density at radius 1 is 1.50 bits per heavy atom. The van der Waals surface area contributed by atoms with Gasteiger partial charge in [-0.15, -0.1) is 0 Å². The number of carboxylic acid groups (broad SMARTS) is 1. The van der Waals surface area contributed by atoms with Crippen LogP contribution in [-0.4, -0.2) is 22.8 Å². The molecule has 0 aliphatic rings. The molecule has 1 atom stereocenters. The normalized spacial score (nSPS) is 12.2. The summed E-state index contributed by atoms with van der Waals surface area (Å²) < 4.78 is 0. The molecule has 0 amide bonds. The number of rotatable bonds is 6. The largest absolute Gasteiger partial charge is 0.477 e. The van der Waals surface area contributed by atoms with E-state index in [9.17, 15) is 4.79 Å². The average Bonchev–Trinajstić information content (AvgIpc) is 2.27. The summed E-state index contributed by atoms with van der Waals surface area (Å²) in [6.45, 7) is 2.32. The molecular formula is C12H14Cl2N2O2. The molecule has 1 aromatic rings. The van der Waals surface area contributed by atoms with Crippen molar-refractivity contribution in [2.45, 2.75) is 25.9 Å². The lowest BCUT2D eigenvalue weighted by molar-refractivity contribution is -0.129. The minimum Gasteiger partial charge on any atom is -0.477 e. The third-order valence-corrected chi connectivity index (χ3v) is 3.01. The van der Waals surface area contributed by atoms with Crippen molar-refractivity contribution in [1.29, 1.82) is 5.41 Å². The zero-order valence-corrected chi connectivity index (χ0v) is 11.3. The van der Waals surface area contributed by atoms with Crippen LogP contribution in [0.15, 0.2) is 18.2 Å². The van der Waals surface area contributed by atoms with Crippen molar-refractivity contribution >= 4 is 34.9 Å². The fourth-order valence-corrected chi connectivity index (χ4v) is 1.89. The molecule has 0 fully saturated rings. The smallest absolute Gasteiger partial charge is 0.349 e. The van der Waals surface area contributed by atoms with Gasteiger partial charge in [0.1, 0.15) is 5.71 Å². The summed E-state index contributed by atoms with van der Waals surface area (Å²) >= 11 is 11.8. The van der Waals surface area contributed by atoms with Crippen molar-refractivity contribution in [3.63, 3.8) is 0 Å². The van der Waals surface area contributed by atoms with Gasteiger partial charge in [-0.3, -0.25) is 5.41 Å². The molecule has 0 bridgehead atoms. The quantitative estimate of drug-likeness (QED) is 0.705. The van der Waals surface area contributed by atoms with E-state index >= 15 is 0 Å². The standard InChI is InChI=1S/C12H14Cl2N2O2/c1-7(4-11(15)12(17)18)16-6-8-2-3-9(13)5-10(8)14/h2-3,5,7,15-16H,4,6H2,1H3,(H,17,18)/t7-/m0/s1. The highest BCUT2D eigenvalue weighted by Crippen LogP contribution is 2.20. The number of aliphatic carboxylic acids is 1. The second-order valence-electron chi connectivity index (χ2n) is 4.01. The van der Waals surface area contributed by atoms with Gasteiger partial charge in [-0.1, -0.05) is 29.3 Å². The van der Waals surface area contributed by atoms with Gasteiger partial charge in [0.25, 0.3) is 0 Å². The van der Waals surface area contributed by atoms with Crippen molar-refractivity contribution in [1.82, 2.24) is 5.32 Å². The van der Waals surface area contributed by atoms with Crippen molar-refractivity contribution in [3.05, 3.63) is 33.8 Å². The summed E-state index contributed by atoms with van der Waals surface area (Å²) in [5.41, 5.74) is 0.576. The van der Waals surface area contributed by atoms with Gasteiger partial charge in [0, 0.05) is 29.1 Å². The van der Waals surface area contributed by atoms with Gasteiger partial charge in [0.05, 0.1) is 0 Å². The van der Waals surface area contributed by atoms with E-state index in [1.165, 1.54) is 0 Å². The molecule has 0 saturated carbocycles. The molecular weight excluding hydrogens is 275 g/mol. The maximum absolute atomic E-state index is 10.5. The molecule has 0 aliphatic heterocycles. The third-order valence-electron chi connectivity index (χ3n) is 2.42. The molecule has 98 valence electrons. The number of benzene rings is 1. The molecule has 0 saturated heterocycles. The van der Waals surface area contributed by atoms with E-state index in [0.29, 0.717) is 16.6 Å². The summed E-state index contributed by atoms with van der Waals surface area (Å²) in [6.07, 6.45) is 0.167. The van der Waals surface area contributed by atoms with Crippen LogP contribution in [-0.2, 0) is 11.3 Å². The molecule has 18 heavy (non-hydrogen) atoms. The Bertz CT molecular complexity index is 463. The van der Waals surface area contributed by atoms with Crippen molar-refractivity contribution in [2.24, 2.45) is 0 Å². The Hall–Kier alpha value is -1.10. The molecule has 3 N–H and O–H groups in total. The van der Waals surface area contributed by atoms with Gasteiger partial charge >= 0.3 is 5.97 Å². The van der Waals surface area contributed by atoms with Crippen LogP contribution in [0.25, 0.3) is 0 Å². The lowest BCUT2D eigenvalue weighted by atomic mass is 10.1. The van der Waals surface area contributed by atoms with Crippen LogP contribution in [0.5, 0.6) is 0 Å². The van der Waals surface area contributed by atoms with E-state index in [1.54, 1.807) is 12.1 Å². The molecule has 1 rings (SSSR count). The summed E-state index contributed by atoms with van der Waals surface area (Å²) in [5, 5.41) is 20.1. The first kappa shape index (κ1) is 15.0.